The lowest BCUT2D eigenvalue weighted by atomic mass is 9.96. The third-order valence-electron chi connectivity index (χ3n) is 6.42. The Morgan fingerprint density at radius 2 is 2.10 bits per heavy atom. The molecule has 5 rings (SSSR count). The molecule has 0 radical (unpaired) electrons. The second kappa shape index (κ2) is 8.45. The Morgan fingerprint density at radius 1 is 1.29 bits per heavy atom. The summed E-state index contributed by atoms with van der Waals surface area (Å²) in [7, 11) is 0. The van der Waals surface area contributed by atoms with E-state index in [1.54, 1.807) is 4.90 Å². The standard InChI is InChI=1S/C24H28N4O3/c25-27-20(13-26-14-22-30-15-24(10-11-24)16-31-22)23(29)28-12-2-4-19-18(3-1-5-21(19)28)9-8-17-6-7-17/h1,3,5,13,17,22H,2,4,6-7,10-12,14-16,25H2/b26-13?,27-20+. The van der Waals surface area contributed by atoms with Crippen molar-refractivity contribution in [3.05, 3.63) is 29.3 Å². The SMILES string of the molecule is N/N=C(\C=NCC1OCC2(CC2)CO1)C(=O)N1CCCc2c(C#CC3CC3)cccc21. The molecule has 3 fully saturated rings. The first-order valence-corrected chi connectivity index (χ1v) is 11.1. The topological polar surface area (TPSA) is 89.5 Å². The molecule has 2 saturated carbocycles. The fourth-order valence-electron chi connectivity index (χ4n) is 4.07. The van der Waals surface area contributed by atoms with E-state index in [4.69, 9.17) is 15.3 Å². The van der Waals surface area contributed by atoms with Gasteiger partial charge in [-0.3, -0.25) is 9.79 Å². The number of ether oxygens (including phenoxy) is 2. The zero-order valence-electron chi connectivity index (χ0n) is 17.7. The number of anilines is 1. The summed E-state index contributed by atoms with van der Waals surface area (Å²) in [6.07, 6.45) is 7.58. The third kappa shape index (κ3) is 4.51. The summed E-state index contributed by atoms with van der Waals surface area (Å²) in [5, 5.41) is 3.71. The molecular formula is C24H28N4O3. The van der Waals surface area contributed by atoms with Gasteiger partial charge in [0, 0.05) is 29.1 Å². The van der Waals surface area contributed by atoms with Crippen molar-refractivity contribution < 1.29 is 14.3 Å². The van der Waals surface area contributed by atoms with Crippen LogP contribution in [0.5, 0.6) is 0 Å². The van der Waals surface area contributed by atoms with Gasteiger partial charge in [0.25, 0.3) is 5.91 Å². The Labute approximate surface area is 182 Å². The molecule has 31 heavy (non-hydrogen) atoms. The zero-order valence-corrected chi connectivity index (χ0v) is 17.7. The van der Waals surface area contributed by atoms with Crippen molar-refractivity contribution in [1.29, 1.82) is 0 Å². The summed E-state index contributed by atoms with van der Waals surface area (Å²) >= 11 is 0. The van der Waals surface area contributed by atoms with Crippen LogP contribution in [0.3, 0.4) is 0 Å². The Bertz CT molecular complexity index is 972. The predicted octanol–water partition coefficient (Wildman–Crippen LogP) is 2.27. The maximum absolute atomic E-state index is 13.2. The van der Waals surface area contributed by atoms with E-state index in [1.807, 2.05) is 18.2 Å². The number of nitrogens with zero attached hydrogens (tertiary/aromatic N) is 3. The molecule has 0 aromatic heterocycles. The fraction of sp³-hybridized carbons (Fsp3) is 0.542. The lowest BCUT2D eigenvalue weighted by Crippen LogP contribution is -2.41. The number of hydrogen-bond donors (Lipinski definition) is 1. The van der Waals surface area contributed by atoms with Gasteiger partial charge in [0.05, 0.1) is 26.0 Å². The van der Waals surface area contributed by atoms with Crippen LogP contribution in [0.1, 0.15) is 43.2 Å². The van der Waals surface area contributed by atoms with Crippen molar-refractivity contribution in [2.75, 3.05) is 31.2 Å². The first-order valence-electron chi connectivity index (χ1n) is 11.1. The Hall–Kier alpha value is -2.69. The number of aliphatic imine (C=N–C) groups is 1. The summed E-state index contributed by atoms with van der Waals surface area (Å²) in [4.78, 5) is 19.2. The highest BCUT2D eigenvalue weighted by Gasteiger charge is 2.46. The van der Waals surface area contributed by atoms with E-state index in [-0.39, 0.29) is 23.3 Å². The largest absolute Gasteiger partial charge is 0.350 e. The molecule has 1 spiro atoms. The molecule has 1 aromatic carbocycles. The number of hydrazone groups is 1. The van der Waals surface area contributed by atoms with E-state index < -0.39 is 0 Å². The summed E-state index contributed by atoms with van der Waals surface area (Å²) in [5.41, 5.74) is 3.41. The lowest BCUT2D eigenvalue weighted by Gasteiger charge is -2.30. The van der Waals surface area contributed by atoms with Crippen LogP contribution >= 0.6 is 0 Å². The predicted molar refractivity (Wildman–Crippen MR) is 119 cm³/mol. The van der Waals surface area contributed by atoms with Crippen LogP contribution in [-0.4, -0.2) is 50.4 Å². The highest BCUT2D eigenvalue weighted by Crippen LogP contribution is 2.48. The summed E-state index contributed by atoms with van der Waals surface area (Å²) in [6, 6.07) is 5.97. The minimum atomic E-state index is -0.375. The molecule has 2 aliphatic heterocycles. The molecule has 162 valence electrons. The van der Waals surface area contributed by atoms with Crippen molar-refractivity contribution >= 4 is 23.5 Å². The highest BCUT2D eigenvalue weighted by atomic mass is 16.7. The summed E-state index contributed by atoms with van der Waals surface area (Å²) in [6.45, 7) is 2.38. The molecule has 1 saturated heterocycles. The van der Waals surface area contributed by atoms with Gasteiger partial charge in [-0.05, 0) is 56.2 Å². The molecule has 1 aromatic rings. The zero-order chi connectivity index (χ0) is 21.3. The molecule has 0 bridgehead atoms. The van der Waals surface area contributed by atoms with Gasteiger partial charge in [-0.1, -0.05) is 17.9 Å². The van der Waals surface area contributed by atoms with Crippen molar-refractivity contribution in [3.8, 4) is 11.8 Å². The number of fused-ring (bicyclic) bond motifs is 1. The molecule has 2 aliphatic carbocycles. The van der Waals surface area contributed by atoms with Crippen LogP contribution in [0, 0.1) is 23.2 Å². The number of nitrogens with two attached hydrogens (primary N) is 1. The van der Waals surface area contributed by atoms with E-state index in [9.17, 15) is 4.79 Å². The van der Waals surface area contributed by atoms with Gasteiger partial charge in [0.1, 0.15) is 0 Å². The van der Waals surface area contributed by atoms with E-state index in [0.717, 1.165) is 42.9 Å². The molecule has 2 heterocycles. The van der Waals surface area contributed by atoms with Crippen LogP contribution < -0.4 is 10.7 Å². The third-order valence-corrected chi connectivity index (χ3v) is 6.42. The van der Waals surface area contributed by atoms with Gasteiger partial charge in [0.15, 0.2) is 12.0 Å². The van der Waals surface area contributed by atoms with Crippen LogP contribution in [0.25, 0.3) is 0 Å². The average Bonchev–Trinajstić information content (AvgIpc) is 3.73. The van der Waals surface area contributed by atoms with Crippen molar-refractivity contribution in [2.45, 2.75) is 44.8 Å². The summed E-state index contributed by atoms with van der Waals surface area (Å²) < 4.78 is 11.5. The number of carbonyl (C=O) groups is 1. The van der Waals surface area contributed by atoms with Gasteiger partial charge in [-0.15, -0.1) is 0 Å². The minimum Gasteiger partial charge on any atom is -0.350 e. The van der Waals surface area contributed by atoms with Gasteiger partial charge in [-0.25, -0.2) is 0 Å². The molecule has 1 amide bonds. The molecule has 4 aliphatic rings. The first-order chi connectivity index (χ1) is 15.2. The molecule has 0 unspecified atom stereocenters. The van der Waals surface area contributed by atoms with Gasteiger partial charge >= 0.3 is 0 Å². The number of benzene rings is 1. The average molecular weight is 421 g/mol. The smallest absolute Gasteiger partial charge is 0.280 e. The second-order valence-corrected chi connectivity index (χ2v) is 8.97. The minimum absolute atomic E-state index is 0.122. The van der Waals surface area contributed by atoms with E-state index in [1.165, 1.54) is 31.9 Å². The van der Waals surface area contributed by atoms with Gasteiger partial charge < -0.3 is 20.2 Å². The Kier molecular flexibility index (Phi) is 5.51. The molecule has 7 heteroatoms. The molecular weight excluding hydrogens is 392 g/mol. The molecule has 2 N–H and O–H groups in total. The first kappa shape index (κ1) is 20.2. The number of carbonyl (C=O) groups excluding carboxylic acids is 1. The quantitative estimate of drug-likeness (QED) is 0.350. The van der Waals surface area contributed by atoms with E-state index in [2.05, 4.69) is 21.9 Å². The van der Waals surface area contributed by atoms with Crippen molar-refractivity contribution in [3.63, 3.8) is 0 Å². The Balaban J connectivity index is 1.26. The van der Waals surface area contributed by atoms with Gasteiger partial charge in [-0.2, -0.15) is 5.10 Å². The number of hydrogen-bond acceptors (Lipinski definition) is 6. The molecule has 0 atom stereocenters. The van der Waals surface area contributed by atoms with Crippen LogP contribution in [0.4, 0.5) is 5.69 Å². The number of rotatable bonds is 4. The fourth-order valence-corrected chi connectivity index (χ4v) is 4.07. The number of amides is 1. The van der Waals surface area contributed by atoms with Crippen LogP contribution in [0.15, 0.2) is 28.3 Å². The van der Waals surface area contributed by atoms with Crippen LogP contribution in [-0.2, 0) is 20.7 Å². The van der Waals surface area contributed by atoms with Crippen LogP contribution in [0.2, 0.25) is 0 Å². The second-order valence-electron chi connectivity index (χ2n) is 8.97. The van der Waals surface area contributed by atoms with E-state index in [0.29, 0.717) is 19.0 Å². The normalized spacial score (nSPS) is 22.8. The van der Waals surface area contributed by atoms with Crippen molar-refractivity contribution in [1.82, 2.24) is 0 Å². The Morgan fingerprint density at radius 3 is 2.81 bits per heavy atom. The van der Waals surface area contributed by atoms with E-state index >= 15 is 0 Å². The maximum Gasteiger partial charge on any atom is 0.280 e. The summed E-state index contributed by atoms with van der Waals surface area (Å²) in [5.74, 6) is 12.5. The monoisotopic (exact) mass is 420 g/mol. The highest BCUT2D eigenvalue weighted by molar-refractivity contribution is 6.63. The van der Waals surface area contributed by atoms with Crippen molar-refractivity contribution in [2.24, 2.45) is 27.3 Å². The lowest BCUT2D eigenvalue weighted by molar-refractivity contribution is -0.201. The maximum atomic E-state index is 13.2. The van der Waals surface area contributed by atoms with Gasteiger partial charge in [0.2, 0.25) is 0 Å². The molecule has 7 nitrogen and oxygen atoms in total.